The van der Waals surface area contributed by atoms with Gasteiger partial charge in [-0.1, -0.05) is 0 Å². The lowest BCUT2D eigenvalue weighted by molar-refractivity contribution is -0.118. The van der Waals surface area contributed by atoms with Crippen molar-refractivity contribution in [1.29, 1.82) is 0 Å². The molecule has 0 saturated heterocycles. The van der Waals surface area contributed by atoms with Crippen LogP contribution in [0.5, 0.6) is 0 Å². The third kappa shape index (κ3) is 6.02. The summed E-state index contributed by atoms with van der Waals surface area (Å²) in [6, 6.07) is 0.230. The number of nitrogens with one attached hydrogen (secondary N) is 1. The number of ether oxygens (including phenoxy) is 1. The zero-order chi connectivity index (χ0) is 14.1. The Bertz CT molecular complexity index is 383. The molecule has 0 aliphatic rings. The van der Waals surface area contributed by atoms with Crippen LogP contribution in [0, 0.1) is 0 Å². The van der Waals surface area contributed by atoms with Crippen LogP contribution in [0.1, 0.15) is 32.1 Å². The van der Waals surface area contributed by atoms with Crippen LogP contribution in [0.4, 0.5) is 0 Å². The maximum absolute atomic E-state index is 11.5. The van der Waals surface area contributed by atoms with Crippen molar-refractivity contribution in [2.24, 2.45) is 0 Å². The molecule has 1 N–H and O–H groups in total. The normalized spacial score (nSPS) is 10.9. The first-order chi connectivity index (χ1) is 9.15. The van der Waals surface area contributed by atoms with Gasteiger partial charge in [0.1, 0.15) is 0 Å². The summed E-state index contributed by atoms with van der Waals surface area (Å²) < 4.78 is 6.68. The first kappa shape index (κ1) is 15.9. The summed E-state index contributed by atoms with van der Waals surface area (Å²) in [4.78, 5) is 11.5. The zero-order valence-corrected chi connectivity index (χ0v) is 12.4. The van der Waals surface area contributed by atoms with Gasteiger partial charge in [-0.2, -0.15) is 0 Å². The molecule has 0 aliphatic heterocycles. The summed E-state index contributed by atoms with van der Waals surface area (Å²) in [5, 5.41) is 14.3. The van der Waals surface area contributed by atoms with E-state index in [9.17, 15) is 4.79 Å². The van der Waals surface area contributed by atoms with Gasteiger partial charge in [-0.25, -0.2) is 4.68 Å². The maximum Gasteiger partial charge on any atom is 0.230 e. The monoisotopic (exact) mass is 287 g/mol. The van der Waals surface area contributed by atoms with Gasteiger partial charge in [0.2, 0.25) is 5.91 Å². The highest BCUT2D eigenvalue weighted by atomic mass is 32.2. The van der Waals surface area contributed by atoms with Crippen LogP contribution in [-0.2, 0) is 15.3 Å². The molecule has 0 spiro atoms. The maximum atomic E-state index is 11.5. The van der Waals surface area contributed by atoms with Crippen LogP contribution in [0.15, 0.2) is 0 Å². The molecule has 1 aromatic rings. The first-order valence-corrected chi connectivity index (χ1v) is 7.40. The van der Waals surface area contributed by atoms with E-state index >= 15 is 0 Å². The number of methoxy groups -OCH3 is 1. The number of hydrogen-bond acceptors (Lipinski definition) is 6. The molecule has 0 aliphatic carbocycles. The summed E-state index contributed by atoms with van der Waals surface area (Å²) in [6.07, 6.45) is 0.832. The van der Waals surface area contributed by atoms with Gasteiger partial charge < -0.3 is 10.1 Å². The van der Waals surface area contributed by atoms with Crippen LogP contribution < -0.4 is 5.32 Å². The number of thioether (sulfide) groups is 1. The van der Waals surface area contributed by atoms with E-state index in [1.165, 1.54) is 11.8 Å². The lowest BCUT2D eigenvalue weighted by Crippen LogP contribution is -2.26. The molecule has 0 fully saturated rings. The number of tetrazole rings is 1. The van der Waals surface area contributed by atoms with Crippen molar-refractivity contribution < 1.29 is 9.53 Å². The van der Waals surface area contributed by atoms with Crippen LogP contribution in [-0.4, -0.2) is 52.1 Å². The Hall–Kier alpha value is -1.15. The van der Waals surface area contributed by atoms with Gasteiger partial charge in [0.05, 0.1) is 17.5 Å². The Morgan fingerprint density at radius 2 is 2.32 bits per heavy atom. The van der Waals surface area contributed by atoms with Gasteiger partial charge in [0.15, 0.2) is 5.82 Å². The molecule has 8 heteroatoms. The Labute approximate surface area is 117 Å². The molecule has 19 heavy (non-hydrogen) atoms. The minimum absolute atomic E-state index is 0.0321. The highest BCUT2D eigenvalue weighted by Crippen LogP contribution is 2.12. The highest BCUT2D eigenvalue weighted by Gasteiger charge is 2.10. The fourth-order valence-corrected chi connectivity index (χ4v) is 2.20. The number of rotatable bonds is 9. The van der Waals surface area contributed by atoms with Gasteiger partial charge >= 0.3 is 0 Å². The average molecular weight is 287 g/mol. The molecule has 7 nitrogen and oxygen atoms in total. The number of carbonyl (C=O) groups is 1. The second-order valence-electron chi connectivity index (χ2n) is 4.32. The van der Waals surface area contributed by atoms with E-state index in [-0.39, 0.29) is 11.9 Å². The van der Waals surface area contributed by atoms with Crippen molar-refractivity contribution in [2.45, 2.75) is 32.1 Å². The Morgan fingerprint density at radius 3 is 3.00 bits per heavy atom. The lowest BCUT2D eigenvalue weighted by Gasteiger charge is -2.07. The predicted octanol–water partition coefficient (Wildman–Crippen LogP) is 0.640. The van der Waals surface area contributed by atoms with Crippen molar-refractivity contribution in [2.75, 3.05) is 26.0 Å². The molecule has 108 valence electrons. The van der Waals surface area contributed by atoms with Crippen molar-refractivity contribution in [3.8, 4) is 0 Å². The van der Waals surface area contributed by atoms with Gasteiger partial charge in [0.25, 0.3) is 0 Å². The number of carbonyl (C=O) groups excluding carboxylic acids is 1. The Balaban J connectivity index is 2.19. The molecule has 0 unspecified atom stereocenters. The van der Waals surface area contributed by atoms with E-state index in [0.717, 1.165) is 12.2 Å². The SMILES string of the molecule is COCCCNC(=O)CSCc1nnnn1C(C)C. The van der Waals surface area contributed by atoms with Gasteiger partial charge in [-0.15, -0.1) is 16.9 Å². The van der Waals surface area contributed by atoms with E-state index in [1.54, 1.807) is 11.8 Å². The molecular weight excluding hydrogens is 266 g/mol. The summed E-state index contributed by atoms with van der Waals surface area (Å²) >= 11 is 1.51. The summed E-state index contributed by atoms with van der Waals surface area (Å²) in [5.74, 6) is 1.88. The van der Waals surface area contributed by atoms with Crippen LogP contribution in [0.3, 0.4) is 0 Å². The minimum Gasteiger partial charge on any atom is -0.385 e. The molecule has 0 radical (unpaired) electrons. The quantitative estimate of drug-likeness (QED) is 0.671. The van der Waals surface area contributed by atoms with Crippen molar-refractivity contribution in [3.63, 3.8) is 0 Å². The zero-order valence-electron chi connectivity index (χ0n) is 11.6. The van der Waals surface area contributed by atoms with Gasteiger partial charge in [-0.3, -0.25) is 4.79 Å². The average Bonchev–Trinajstić information content (AvgIpc) is 2.83. The number of amides is 1. The Kier molecular flexibility index (Phi) is 7.42. The predicted molar refractivity (Wildman–Crippen MR) is 73.9 cm³/mol. The van der Waals surface area contributed by atoms with E-state index in [2.05, 4.69) is 20.8 Å². The van der Waals surface area contributed by atoms with E-state index in [4.69, 9.17) is 4.74 Å². The number of hydrogen-bond donors (Lipinski definition) is 1. The van der Waals surface area contributed by atoms with E-state index in [1.807, 2.05) is 13.8 Å². The fraction of sp³-hybridized carbons (Fsp3) is 0.818. The molecule has 0 saturated carbocycles. The summed E-state index contributed by atoms with van der Waals surface area (Å²) in [5.41, 5.74) is 0. The molecular formula is C11H21N5O2S. The second kappa shape index (κ2) is 8.87. The van der Waals surface area contributed by atoms with E-state index in [0.29, 0.717) is 24.7 Å². The minimum atomic E-state index is 0.0321. The smallest absolute Gasteiger partial charge is 0.230 e. The summed E-state index contributed by atoms with van der Waals surface area (Å²) in [7, 11) is 1.65. The van der Waals surface area contributed by atoms with Crippen LogP contribution in [0.25, 0.3) is 0 Å². The molecule has 1 heterocycles. The van der Waals surface area contributed by atoms with Gasteiger partial charge in [0, 0.05) is 20.3 Å². The largest absolute Gasteiger partial charge is 0.385 e. The van der Waals surface area contributed by atoms with E-state index < -0.39 is 0 Å². The lowest BCUT2D eigenvalue weighted by atomic mass is 10.4. The highest BCUT2D eigenvalue weighted by molar-refractivity contribution is 7.99. The molecule has 1 aromatic heterocycles. The number of nitrogens with zero attached hydrogens (tertiary/aromatic N) is 4. The molecule has 0 atom stereocenters. The van der Waals surface area contributed by atoms with Crippen LogP contribution in [0.2, 0.25) is 0 Å². The summed E-state index contributed by atoms with van der Waals surface area (Å²) in [6.45, 7) is 5.35. The third-order valence-electron chi connectivity index (χ3n) is 2.36. The van der Waals surface area contributed by atoms with Crippen LogP contribution >= 0.6 is 11.8 Å². The standard InChI is InChI=1S/C11H21N5O2S/c1-9(2)16-10(13-14-15-16)7-19-8-11(17)12-5-4-6-18-3/h9H,4-8H2,1-3H3,(H,12,17). The molecule has 0 aromatic carbocycles. The van der Waals surface area contributed by atoms with Crippen molar-refractivity contribution >= 4 is 17.7 Å². The fourth-order valence-electron chi connectivity index (χ4n) is 1.44. The van der Waals surface area contributed by atoms with Gasteiger partial charge in [-0.05, 0) is 30.7 Å². The third-order valence-corrected chi connectivity index (χ3v) is 3.29. The first-order valence-electron chi connectivity index (χ1n) is 6.25. The second-order valence-corrected chi connectivity index (χ2v) is 5.31. The molecule has 1 amide bonds. The van der Waals surface area contributed by atoms with Crippen molar-refractivity contribution in [1.82, 2.24) is 25.5 Å². The van der Waals surface area contributed by atoms with Crippen molar-refractivity contribution in [3.05, 3.63) is 5.82 Å². The molecule has 1 rings (SSSR count). The number of aromatic nitrogens is 4. The molecule has 0 bridgehead atoms. The Morgan fingerprint density at radius 1 is 1.53 bits per heavy atom. The topological polar surface area (TPSA) is 81.9 Å².